The van der Waals surface area contributed by atoms with E-state index in [9.17, 15) is 19.7 Å². The fraction of sp³-hybridized carbons (Fsp3) is 0.696. The number of nitrogens with zero attached hydrogens (tertiary/aromatic N) is 6. The molecule has 0 saturated carbocycles. The van der Waals surface area contributed by atoms with E-state index in [2.05, 4.69) is 9.88 Å². The number of anilines is 2. The topological polar surface area (TPSA) is 122 Å². The van der Waals surface area contributed by atoms with Crippen LogP contribution in [0, 0.1) is 10.1 Å². The quantitative estimate of drug-likeness (QED) is 0.463. The lowest BCUT2D eigenvalue weighted by atomic mass is 10.2. The first-order valence-electron chi connectivity index (χ1n) is 11.8. The summed E-state index contributed by atoms with van der Waals surface area (Å²) in [5.41, 5.74) is 0.0347. The van der Waals surface area contributed by atoms with Crippen molar-refractivity contribution < 1.29 is 24.0 Å². The number of pyridine rings is 1. The summed E-state index contributed by atoms with van der Waals surface area (Å²) in [7, 11) is 0. The van der Waals surface area contributed by atoms with Gasteiger partial charge in [-0.3, -0.25) is 0 Å². The Morgan fingerprint density at radius 3 is 1.66 bits per heavy atom. The lowest BCUT2D eigenvalue weighted by molar-refractivity contribution is -0.388. The Bertz CT molecular complexity index is 941. The number of rotatable bonds is 3. The SMILES string of the molecule is CC(C)(C)OC(=O)N1CCN(c2cnc([N+](=O)[O-])c(N3CCN(C(=O)OC(C)(C)C)CC3)c2)CC1. The van der Waals surface area contributed by atoms with Crippen molar-refractivity contribution in [2.45, 2.75) is 52.7 Å². The lowest BCUT2D eigenvalue weighted by Crippen LogP contribution is -2.51. The Hall–Kier alpha value is -3.31. The Morgan fingerprint density at radius 2 is 1.26 bits per heavy atom. The van der Waals surface area contributed by atoms with Crippen molar-refractivity contribution in [3.63, 3.8) is 0 Å². The molecule has 2 aliphatic heterocycles. The van der Waals surface area contributed by atoms with Crippen LogP contribution < -0.4 is 9.80 Å². The summed E-state index contributed by atoms with van der Waals surface area (Å²) in [6, 6.07) is 1.78. The van der Waals surface area contributed by atoms with Gasteiger partial charge in [0.1, 0.15) is 16.9 Å². The molecule has 0 aliphatic carbocycles. The molecule has 1 aromatic heterocycles. The molecule has 0 bridgehead atoms. The Kier molecular flexibility index (Phi) is 7.61. The van der Waals surface area contributed by atoms with Crippen molar-refractivity contribution in [3.8, 4) is 0 Å². The third-order valence-electron chi connectivity index (χ3n) is 5.57. The van der Waals surface area contributed by atoms with Gasteiger partial charge in [-0.2, -0.15) is 0 Å². The van der Waals surface area contributed by atoms with Gasteiger partial charge in [0.2, 0.25) is 0 Å². The van der Waals surface area contributed by atoms with E-state index in [1.54, 1.807) is 15.9 Å². The van der Waals surface area contributed by atoms with E-state index in [0.29, 0.717) is 58.0 Å². The molecule has 12 heteroatoms. The van der Waals surface area contributed by atoms with E-state index in [1.165, 1.54) is 6.20 Å². The highest BCUT2D eigenvalue weighted by atomic mass is 16.6. The molecule has 1 aromatic rings. The molecule has 194 valence electrons. The minimum absolute atomic E-state index is 0.216. The molecule has 0 atom stereocenters. The summed E-state index contributed by atoms with van der Waals surface area (Å²) in [6.45, 7) is 14.7. The van der Waals surface area contributed by atoms with Crippen LogP contribution in [0.4, 0.5) is 26.8 Å². The predicted octanol–water partition coefficient (Wildman–Crippen LogP) is 3.10. The van der Waals surface area contributed by atoms with Gasteiger partial charge in [0, 0.05) is 52.4 Å². The van der Waals surface area contributed by atoms with E-state index in [1.807, 2.05) is 46.4 Å². The van der Waals surface area contributed by atoms with E-state index in [4.69, 9.17) is 9.47 Å². The second-order valence-electron chi connectivity index (χ2n) is 10.7. The smallest absolute Gasteiger partial charge is 0.410 e. The van der Waals surface area contributed by atoms with Crippen LogP contribution in [0.15, 0.2) is 12.3 Å². The molecule has 12 nitrogen and oxygen atoms in total. The van der Waals surface area contributed by atoms with Crippen molar-refractivity contribution in [3.05, 3.63) is 22.4 Å². The van der Waals surface area contributed by atoms with Crippen LogP contribution in [-0.2, 0) is 9.47 Å². The van der Waals surface area contributed by atoms with Gasteiger partial charge in [0.15, 0.2) is 6.20 Å². The van der Waals surface area contributed by atoms with E-state index in [0.717, 1.165) is 5.69 Å². The maximum absolute atomic E-state index is 12.4. The molecular weight excluding hydrogens is 456 g/mol. The lowest BCUT2D eigenvalue weighted by Gasteiger charge is -2.38. The molecule has 0 N–H and O–H groups in total. The monoisotopic (exact) mass is 492 g/mol. The highest BCUT2D eigenvalue weighted by Crippen LogP contribution is 2.31. The third kappa shape index (κ3) is 7.09. The third-order valence-corrected chi connectivity index (χ3v) is 5.57. The number of aromatic nitrogens is 1. The maximum Gasteiger partial charge on any atom is 0.410 e. The molecule has 0 aromatic carbocycles. The zero-order valence-electron chi connectivity index (χ0n) is 21.4. The first-order valence-corrected chi connectivity index (χ1v) is 11.8. The normalized spacial score (nSPS) is 17.3. The Labute approximate surface area is 205 Å². The van der Waals surface area contributed by atoms with Gasteiger partial charge in [0.05, 0.1) is 5.69 Å². The fourth-order valence-corrected chi connectivity index (χ4v) is 3.91. The van der Waals surface area contributed by atoms with Gasteiger partial charge in [-0.05, 0) is 57.5 Å². The van der Waals surface area contributed by atoms with Crippen LogP contribution in [0.1, 0.15) is 41.5 Å². The van der Waals surface area contributed by atoms with Gasteiger partial charge in [0.25, 0.3) is 0 Å². The number of hydrogen-bond acceptors (Lipinski definition) is 9. The fourth-order valence-electron chi connectivity index (χ4n) is 3.91. The maximum atomic E-state index is 12.4. The van der Waals surface area contributed by atoms with Gasteiger partial charge < -0.3 is 39.2 Å². The van der Waals surface area contributed by atoms with E-state index >= 15 is 0 Å². The van der Waals surface area contributed by atoms with Crippen LogP contribution in [0.3, 0.4) is 0 Å². The number of carbonyl (C=O) groups is 2. The van der Waals surface area contributed by atoms with Crippen molar-refractivity contribution in [2.75, 3.05) is 62.2 Å². The van der Waals surface area contributed by atoms with Crippen LogP contribution in [0.25, 0.3) is 0 Å². The molecule has 0 spiro atoms. The number of ether oxygens (including phenoxy) is 2. The van der Waals surface area contributed by atoms with Gasteiger partial charge in [-0.1, -0.05) is 0 Å². The van der Waals surface area contributed by atoms with Gasteiger partial charge >= 0.3 is 18.0 Å². The summed E-state index contributed by atoms with van der Waals surface area (Å²) in [4.78, 5) is 47.2. The standard InChI is InChI=1S/C23H36N6O6/c1-22(2,3)34-20(30)27-11-7-25(8-12-27)17-15-18(19(24-16-17)29(32)33)26-9-13-28(14-10-26)21(31)35-23(4,5)6/h15-16H,7-14H2,1-6H3. The molecule has 2 amide bonds. The molecule has 2 saturated heterocycles. The minimum Gasteiger partial charge on any atom is -0.444 e. The largest absolute Gasteiger partial charge is 0.444 e. The first kappa shape index (κ1) is 26.3. The van der Waals surface area contributed by atoms with Crippen molar-refractivity contribution in [1.29, 1.82) is 0 Å². The summed E-state index contributed by atoms with van der Waals surface area (Å²) in [5.74, 6) is -0.216. The summed E-state index contributed by atoms with van der Waals surface area (Å²) >= 11 is 0. The summed E-state index contributed by atoms with van der Waals surface area (Å²) < 4.78 is 10.9. The molecule has 0 radical (unpaired) electrons. The zero-order valence-corrected chi connectivity index (χ0v) is 21.4. The summed E-state index contributed by atoms with van der Waals surface area (Å²) in [5, 5.41) is 11.7. The van der Waals surface area contributed by atoms with Crippen LogP contribution >= 0.6 is 0 Å². The molecule has 35 heavy (non-hydrogen) atoms. The molecule has 0 unspecified atom stereocenters. The van der Waals surface area contributed by atoms with Crippen molar-refractivity contribution in [1.82, 2.24) is 14.8 Å². The van der Waals surface area contributed by atoms with Crippen LogP contribution in [0.2, 0.25) is 0 Å². The van der Waals surface area contributed by atoms with E-state index in [-0.39, 0.29) is 18.0 Å². The Morgan fingerprint density at radius 1 is 0.829 bits per heavy atom. The first-order chi connectivity index (χ1) is 16.2. The number of amides is 2. The number of piperazine rings is 2. The highest BCUT2D eigenvalue weighted by Gasteiger charge is 2.31. The molecule has 2 fully saturated rings. The average Bonchev–Trinajstić information content (AvgIpc) is 2.76. The van der Waals surface area contributed by atoms with Crippen molar-refractivity contribution >= 4 is 29.4 Å². The number of hydrogen-bond donors (Lipinski definition) is 0. The molecule has 3 heterocycles. The van der Waals surface area contributed by atoms with Gasteiger partial charge in [-0.15, -0.1) is 0 Å². The Balaban J connectivity index is 1.67. The zero-order chi connectivity index (χ0) is 26.0. The second-order valence-corrected chi connectivity index (χ2v) is 10.7. The minimum atomic E-state index is -0.585. The van der Waals surface area contributed by atoms with Crippen LogP contribution in [0.5, 0.6) is 0 Å². The van der Waals surface area contributed by atoms with E-state index < -0.39 is 16.1 Å². The predicted molar refractivity (Wildman–Crippen MR) is 131 cm³/mol. The number of carbonyl (C=O) groups excluding carboxylic acids is 2. The highest BCUT2D eigenvalue weighted by molar-refractivity contribution is 5.71. The van der Waals surface area contributed by atoms with Gasteiger partial charge in [-0.25, -0.2) is 9.59 Å². The molecule has 2 aliphatic rings. The number of nitro groups is 1. The van der Waals surface area contributed by atoms with Crippen molar-refractivity contribution in [2.24, 2.45) is 0 Å². The molecule has 3 rings (SSSR count). The molecular formula is C23H36N6O6. The second kappa shape index (κ2) is 10.1. The average molecular weight is 493 g/mol. The van der Waals surface area contributed by atoms with Crippen LogP contribution in [-0.4, -0.2) is 95.5 Å². The summed E-state index contributed by atoms with van der Waals surface area (Å²) in [6.07, 6.45) is 0.769.